The number of aryl methyl sites for hydroxylation is 1. The molecule has 5 rings (SSSR count). The van der Waals surface area contributed by atoms with E-state index in [4.69, 9.17) is 4.74 Å². The number of fused-ring (bicyclic) bond motifs is 1. The Morgan fingerprint density at radius 3 is 2.48 bits per heavy atom. The maximum Gasteiger partial charge on any atom is 0.306 e. The molecule has 0 unspecified atom stereocenters. The summed E-state index contributed by atoms with van der Waals surface area (Å²) in [6.45, 7) is 4.33. The van der Waals surface area contributed by atoms with Crippen LogP contribution in [0.15, 0.2) is 60.7 Å². The first-order valence-electron chi connectivity index (χ1n) is 11.7. The zero-order valence-corrected chi connectivity index (χ0v) is 19.1. The number of hydrogen-bond acceptors (Lipinski definition) is 2. The third-order valence-electron chi connectivity index (χ3n) is 7.23. The number of carbonyl (C=O) groups is 1. The molecule has 170 valence electrons. The van der Waals surface area contributed by atoms with Crippen molar-refractivity contribution in [1.29, 1.82) is 0 Å². The van der Waals surface area contributed by atoms with Crippen LogP contribution in [0.3, 0.4) is 0 Å². The van der Waals surface area contributed by atoms with Gasteiger partial charge in [0.25, 0.3) is 0 Å². The van der Waals surface area contributed by atoms with Crippen LogP contribution in [0.25, 0.3) is 11.1 Å². The molecule has 3 aromatic rings. The number of halogens is 1. The van der Waals surface area contributed by atoms with E-state index < -0.39 is 5.97 Å². The molecule has 1 fully saturated rings. The van der Waals surface area contributed by atoms with Crippen molar-refractivity contribution in [3.8, 4) is 11.1 Å². The molecule has 0 spiro atoms. The van der Waals surface area contributed by atoms with Crippen molar-refractivity contribution < 1.29 is 19.0 Å². The Kier molecular flexibility index (Phi) is 5.79. The van der Waals surface area contributed by atoms with Gasteiger partial charge in [-0.05, 0) is 71.6 Å². The van der Waals surface area contributed by atoms with Crippen LogP contribution in [-0.2, 0) is 22.6 Å². The Hall–Kier alpha value is -2.98. The van der Waals surface area contributed by atoms with Gasteiger partial charge in [0, 0.05) is 12.0 Å². The molecule has 1 N–H and O–H groups in total. The summed E-state index contributed by atoms with van der Waals surface area (Å²) in [5, 5.41) is 9.61. The Morgan fingerprint density at radius 1 is 1.03 bits per heavy atom. The van der Waals surface area contributed by atoms with Gasteiger partial charge in [-0.15, -0.1) is 0 Å². The molecule has 3 aromatic carbocycles. The van der Waals surface area contributed by atoms with E-state index in [1.165, 1.54) is 17.2 Å². The number of hydrogen-bond donors (Lipinski definition) is 1. The largest absolute Gasteiger partial charge is 0.481 e. The molecule has 0 amide bonds. The van der Waals surface area contributed by atoms with Crippen LogP contribution in [0, 0.1) is 24.6 Å². The summed E-state index contributed by atoms with van der Waals surface area (Å²) < 4.78 is 20.4. The highest BCUT2D eigenvalue weighted by Gasteiger charge is 2.39. The minimum Gasteiger partial charge on any atom is -0.481 e. The Bertz CT molecular complexity index is 1180. The van der Waals surface area contributed by atoms with Crippen LogP contribution < -0.4 is 0 Å². The lowest BCUT2D eigenvalue weighted by molar-refractivity contribution is -0.142. The molecular weight excluding hydrogens is 415 g/mol. The number of rotatable bonds is 6. The van der Waals surface area contributed by atoms with Gasteiger partial charge in [0.05, 0.1) is 18.6 Å². The number of carboxylic acids is 1. The maximum absolute atomic E-state index is 14.3. The SMILES string of the molecule is Cc1ccc(F)c(-c2ccc([C@@H]3Cc4cc([C@H](C5CC5)[C@H](C)C(=O)O)ccc4CO3)cc2)c1. The van der Waals surface area contributed by atoms with E-state index in [-0.39, 0.29) is 23.8 Å². The van der Waals surface area contributed by atoms with Gasteiger partial charge in [0.1, 0.15) is 5.82 Å². The number of carboxylic acid groups (broad SMARTS) is 1. The van der Waals surface area contributed by atoms with Crippen molar-refractivity contribution in [2.75, 3.05) is 0 Å². The molecule has 0 aromatic heterocycles. The van der Waals surface area contributed by atoms with Crippen LogP contribution in [0.4, 0.5) is 4.39 Å². The molecule has 0 bridgehead atoms. The second kappa shape index (κ2) is 8.75. The maximum atomic E-state index is 14.3. The van der Waals surface area contributed by atoms with Crippen molar-refractivity contribution in [1.82, 2.24) is 0 Å². The first-order chi connectivity index (χ1) is 15.9. The summed E-state index contributed by atoms with van der Waals surface area (Å²) in [5.41, 5.74) is 7.11. The van der Waals surface area contributed by atoms with E-state index in [1.807, 2.05) is 44.2 Å². The first kappa shape index (κ1) is 21.8. The smallest absolute Gasteiger partial charge is 0.306 e. The van der Waals surface area contributed by atoms with E-state index in [0.717, 1.165) is 41.5 Å². The lowest BCUT2D eigenvalue weighted by atomic mass is 9.81. The molecule has 1 aliphatic carbocycles. The normalized spacial score (nSPS) is 19.5. The van der Waals surface area contributed by atoms with Crippen molar-refractivity contribution in [3.05, 3.63) is 94.3 Å². The zero-order valence-electron chi connectivity index (χ0n) is 19.1. The highest BCUT2D eigenvalue weighted by atomic mass is 19.1. The van der Waals surface area contributed by atoms with Crippen LogP contribution in [0.5, 0.6) is 0 Å². The minimum atomic E-state index is -0.726. The average Bonchev–Trinajstić information content (AvgIpc) is 3.65. The number of ether oxygens (including phenoxy) is 1. The van der Waals surface area contributed by atoms with E-state index in [9.17, 15) is 14.3 Å². The summed E-state index contributed by atoms with van der Waals surface area (Å²) in [5.74, 6) is -0.793. The second-order valence-electron chi connectivity index (χ2n) is 9.63. The van der Waals surface area contributed by atoms with E-state index in [1.54, 1.807) is 6.07 Å². The highest BCUT2D eigenvalue weighted by molar-refractivity contribution is 5.71. The van der Waals surface area contributed by atoms with Crippen molar-refractivity contribution in [3.63, 3.8) is 0 Å². The molecule has 4 heteroatoms. The zero-order chi connectivity index (χ0) is 23.1. The van der Waals surface area contributed by atoms with Crippen LogP contribution in [-0.4, -0.2) is 11.1 Å². The molecule has 1 aliphatic heterocycles. The van der Waals surface area contributed by atoms with Gasteiger partial charge in [0.15, 0.2) is 0 Å². The summed E-state index contributed by atoms with van der Waals surface area (Å²) in [7, 11) is 0. The highest BCUT2D eigenvalue weighted by Crippen LogP contribution is 2.47. The molecular formula is C29H29FO3. The minimum absolute atomic E-state index is 0.0672. The Morgan fingerprint density at radius 2 is 1.79 bits per heavy atom. The van der Waals surface area contributed by atoms with Gasteiger partial charge in [0.2, 0.25) is 0 Å². The van der Waals surface area contributed by atoms with Crippen molar-refractivity contribution in [2.45, 2.75) is 51.7 Å². The van der Waals surface area contributed by atoms with Gasteiger partial charge in [-0.1, -0.05) is 61.0 Å². The van der Waals surface area contributed by atoms with Crippen molar-refractivity contribution in [2.24, 2.45) is 11.8 Å². The van der Waals surface area contributed by atoms with Crippen LogP contribution in [0.1, 0.15) is 59.6 Å². The summed E-state index contributed by atoms with van der Waals surface area (Å²) in [6.07, 6.45) is 2.90. The Balaban J connectivity index is 1.38. The van der Waals surface area contributed by atoms with E-state index >= 15 is 0 Å². The first-order valence-corrected chi connectivity index (χ1v) is 11.7. The third-order valence-corrected chi connectivity index (χ3v) is 7.23. The fourth-order valence-electron chi connectivity index (χ4n) is 5.16. The van der Waals surface area contributed by atoms with Gasteiger partial charge in [-0.3, -0.25) is 4.79 Å². The molecule has 2 aliphatic rings. The molecule has 0 radical (unpaired) electrons. The monoisotopic (exact) mass is 444 g/mol. The van der Waals surface area contributed by atoms with Crippen LogP contribution >= 0.6 is 0 Å². The van der Waals surface area contributed by atoms with Crippen LogP contribution in [0.2, 0.25) is 0 Å². The summed E-state index contributed by atoms with van der Waals surface area (Å²) in [4.78, 5) is 11.7. The average molecular weight is 445 g/mol. The molecule has 33 heavy (non-hydrogen) atoms. The summed E-state index contributed by atoms with van der Waals surface area (Å²) >= 11 is 0. The summed E-state index contributed by atoms with van der Waals surface area (Å²) in [6, 6.07) is 19.5. The topological polar surface area (TPSA) is 46.5 Å². The molecule has 0 saturated heterocycles. The molecule has 3 atom stereocenters. The van der Waals surface area contributed by atoms with Gasteiger partial charge in [-0.25, -0.2) is 4.39 Å². The lowest BCUT2D eigenvalue weighted by Gasteiger charge is -2.28. The fraction of sp³-hybridized carbons (Fsp3) is 0.345. The molecule has 3 nitrogen and oxygen atoms in total. The predicted octanol–water partition coefficient (Wildman–Crippen LogP) is 6.83. The standard InChI is InChI=1S/C29H29FO3/c1-17-3-12-26(30)25(13-17)19-4-6-20(7-5-19)27-15-24-14-22(10-11-23(24)16-33-27)28(21-8-9-21)18(2)29(31)32/h3-7,10-14,18,21,27-28H,8-9,15-16H2,1-2H3,(H,31,32)/t18-,27-,28-/m0/s1. The fourth-order valence-corrected chi connectivity index (χ4v) is 5.16. The Labute approximate surface area is 194 Å². The van der Waals surface area contributed by atoms with Gasteiger partial charge >= 0.3 is 5.97 Å². The molecule has 1 saturated carbocycles. The van der Waals surface area contributed by atoms with E-state index in [0.29, 0.717) is 18.1 Å². The molecule has 1 heterocycles. The van der Waals surface area contributed by atoms with Crippen molar-refractivity contribution >= 4 is 5.97 Å². The van der Waals surface area contributed by atoms with E-state index in [2.05, 4.69) is 18.2 Å². The number of benzene rings is 3. The second-order valence-corrected chi connectivity index (χ2v) is 9.63. The van der Waals surface area contributed by atoms with Gasteiger partial charge < -0.3 is 9.84 Å². The number of aliphatic carboxylic acids is 1. The quantitative estimate of drug-likeness (QED) is 0.453. The predicted molar refractivity (Wildman–Crippen MR) is 127 cm³/mol. The lowest BCUT2D eigenvalue weighted by Crippen LogP contribution is -2.22. The van der Waals surface area contributed by atoms with Gasteiger partial charge in [-0.2, -0.15) is 0 Å². The third kappa shape index (κ3) is 4.45.